The summed E-state index contributed by atoms with van der Waals surface area (Å²) in [6.45, 7) is 0. The minimum Gasteiger partial charge on any atom is -0.508 e. The second kappa shape index (κ2) is 7.28. The first kappa shape index (κ1) is 14.9. The number of rotatable bonds is 4. The van der Waals surface area contributed by atoms with Crippen LogP contribution in [-0.4, -0.2) is 5.11 Å². The molecule has 0 aromatic heterocycles. The zero-order valence-corrected chi connectivity index (χ0v) is 12.8. The zero-order chi connectivity index (χ0) is 15.9. The lowest BCUT2D eigenvalue weighted by Crippen LogP contribution is -1.76. The molecule has 112 valence electrons. The molecule has 3 aromatic carbocycles. The van der Waals surface area contributed by atoms with Gasteiger partial charge in [-0.2, -0.15) is 0 Å². The van der Waals surface area contributed by atoms with Crippen LogP contribution in [0.1, 0.15) is 22.3 Å². The molecule has 0 unspecified atom stereocenters. The van der Waals surface area contributed by atoms with E-state index >= 15 is 0 Å². The van der Waals surface area contributed by atoms with Crippen LogP contribution in [0.25, 0.3) is 24.3 Å². The maximum absolute atomic E-state index is 9.27. The van der Waals surface area contributed by atoms with Gasteiger partial charge in [0, 0.05) is 0 Å². The van der Waals surface area contributed by atoms with Gasteiger partial charge in [-0.1, -0.05) is 91.0 Å². The van der Waals surface area contributed by atoms with E-state index in [1.807, 2.05) is 36.4 Å². The van der Waals surface area contributed by atoms with Crippen LogP contribution < -0.4 is 0 Å². The number of aromatic hydroxyl groups is 1. The third kappa shape index (κ3) is 4.45. The van der Waals surface area contributed by atoms with E-state index < -0.39 is 0 Å². The fourth-order valence-corrected chi connectivity index (χ4v) is 2.25. The Bertz CT molecular complexity index is 795. The maximum atomic E-state index is 9.27. The first-order chi connectivity index (χ1) is 11.3. The van der Waals surface area contributed by atoms with Gasteiger partial charge < -0.3 is 5.11 Å². The summed E-state index contributed by atoms with van der Waals surface area (Å²) in [5.41, 5.74) is 4.59. The van der Waals surface area contributed by atoms with E-state index in [0.29, 0.717) is 0 Å². The molecule has 0 aliphatic rings. The van der Waals surface area contributed by atoms with Crippen LogP contribution in [0.4, 0.5) is 0 Å². The second-order valence-corrected chi connectivity index (χ2v) is 5.34. The lowest BCUT2D eigenvalue weighted by Gasteiger charge is -1.98. The first-order valence-corrected chi connectivity index (χ1v) is 7.60. The van der Waals surface area contributed by atoms with Crippen molar-refractivity contribution >= 4 is 24.3 Å². The van der Waals surface area contributed by atoms with Crippen LogP contribution in [-0.2, 0) is 0 Å². The predicted octanol–water partition coefficient (Wildman–Crippen LogP) is 5.73. The van der Waals surface area contributed by atoms with Crippen molar-refractivity contribution in [3.63, 3.8) is 0 Å². The number of benzene rings is 3. The van der Waals surface area contributed by atoms with Gasteiger partial charge in [-0.25, -0.2) is 0 Å². The standard InChI is InChI=1S/C22H18O/c23-22-16-14-21(15-17-22)13-12-20-10-8-19(9-11-20)7-6-18-4-2-1-3-5-18/h1-17,23H/b7-6+,13-12+. The van der Waals surface area contributed by atoms with Gasteiger partial charge in [0.25, 0.3) is 0 Å². The van der Waals surface area contributed by atoms with Crippen LogP contribution in [0.3, 0.4) is 0 Å². The van der Waals surface area contributed by atoms with Gasteiger partial charge in [0.2, 0.25) is 0 Å². The smallest absolute Gasteiger partial charge is 0.115 e. The Kier molecular flexibility index (Phi) is 4.70. The van der Waals surface area contributed by atoms with E-state index in [0.717, 1.165) is 11.1 Å². The Hall–Kier alpha value is -3.06. The van der Waals surface area contributed by atoms with Gasteiger partial charge in [-0.3, -0.25) is 0 Å². The van der Waals surface area contributed by atoms with Crippen LogP contribution >= 0.6 is 0 Å². The molecule has 1 heteroatoms. The van der Waals surface area contributed by atoms with E-state index in [1.54, 1.807) is 12.1 Å². The molecule has 0 amide bonds. The van der Waals surface area contributed by atoms with Crippen molar-refractivity contribution in [3.05, 3.63) is 101 Å². The van der Waals surface area contributed by atoms with Crippen LogP contribution in [0, 0.1) is 0 Å². The fourth-order valence-electron chi connectivity index (χ4n) is 2.25. The number of hydrogen-bond donors (Lipinski definition) is 1. The normalized spacial score (nSPS) is 11.3. The Labute approximate surface area is 136 Å². The van der Waals surface area contributed by atoms with E-state index in [4.69, 9.17) is 0 Å². The van der Waals surface area contributed by atoms with E-state index in [9.17, 15) is 5.11 Å². The predicted molar refractivity (Wildman–Crippen MR) is 98.8 cm³/mol. The number of phenols is 1. The minimum absolute atomic E-state index is 0.289. The van der Waals surface area contributed by atoms with E-state index in [2.05, 4.69) is 54.6 Å². The first-order valence-electron chi connectivity index (χ1n) is 7.60. The summed E-state index contributed by atoms with van der Waals surface area (Å²) in [4.78, 5) is 0. The summed E-state index contributed by atoms with van der Waals surface area (Å²) in [6, 6.07) is 25.9. The van der Waals surface area contributed by atoms with Gasteiger partial charge in [0.15, 0.2) is 0 Å². The van der Waals surface area contributed by atoms with Crippen molar-refractivity contribution in [1.29, 1.82) is 0 Å². The maximum Gasteiger partial charge on any atom is 0.115 e. The Morgan fingerprint density at radius 1 is 0.435 bits per heavy atom. The van der Waals surface area contributed by atoms with Crippen LogP contribution in [0.2, 0.25) is 0 Å². The molecular formula is C22H18O. The molecule has 0 fully saturated rings. The summed E-state index contributed by atoms with van der Waals surface area (Å²) in [5, 5.41) is 9.27. The lowest BCUT2D eigenvalue weighted by atomic mass is 10.1. The van der Waals surface area contributed by atoms with Crippen molar-refractivity contribution in [3.8, 4) is 5.75 Å². The Morgan fingerprint density at radius 2 is 0.783 bits per heavy atom. The highest BCUT2D eigenvalue weighted by molar-refractivity contribution is 5.73. The number of hydrogen-bond acceptors (Lipinski definition) is 1. The monoisotopic (exact) mass is 298 g/mol. The van der Waals surface area contributed by atoms with Crippen LogP contribution in [0.15, 0.2) is 78.9 Å². The molecule has 0 saturated heterocycles. The third-order valence-electron chi connectivity index (χ3n) is 3.57. The third-order valence-corrected chi connectivity index (χ3v) is 3.57. The van der Waals surface area contributed by atoms with Crippen molar-refractivity contribution in [2.45, 2.75) is 0 Å². The molecule has 0 atom stereocenters. The molecule has 0 aliphatic carbocycles. The summed E-state index contributed by atoms with van der Waals surface area (Å²) < 4.78 is 0. The average Bonchev–Trinajstić information content (AvgIpc) is 2.61. The zero-order valence-electron chi connectivity index (χ0n) is 12.8. The van der Waals surface area contributed by atoms with Gasteiger partial charge in [0.1, 0.15) is 5.75 Å². The van der Waals surface area contributed by atoms with E-state index in [1.165, 1.54) is 11.1 Å². The highest BCUT2D eigenvalue weighted by Gasteiger charge is 1.91. The molecular weight excluding hydrogens is 280 g/mol. The van der Waals surface area contributed by atoms with Crippen molar-refractivity contribution in [2.75, 3.05) is 0 Å². The van der Waals surface area contributed by atoms with Gasteiger partial charge in [-0.05, 0) is 34.4 Å². The molecule has 23 heavy (non-hydrogen) atoms. The quantitative estimate of drug-likeness (QED) is 0.609. The highest BCUT2D eigenvalue weighted by Crippen LogP contribution is 2.14. The van der Waals surface area contributed by atoms with Crippen molar-refractivity contribution in [2.24, 2.45) is 0 Å². The van der Waals surface area contributed by atoms with Crippen LogP contribution in [0.5, 0.6) is 5.75 Å². The summed E-state index contributed by atoms with van der Waals surface area (Å²) >= 11 is 0. The molecule has 3 rings (SSSR count). The summed E-state index contributed by atoms with van der Waals surface area (Å²) in [6.07, 6.45) is 8.33. The molecule has 3 aromatic rings. The number of phenolic OH excluding ortho intramolecular Hbond substituents is 1. The van der Waals surface area contributed by atoms with E-state index in [-0.39, 0.29) is 5.75 Å². The van der Waals surface area contributed by atoms with Gasteiger partial charge in [0.05, 0.1) is 0 Å². The molecule has 0 radical (unpaired) electrons. The largest absolute Gasteiger partial charge is 0.508 e. The fraction of sp³-hybridized carbons (Fsp3) is 0. The molecule has 0 heterocycles. The topological polar surface area (TPSA) is 20.2 Å². The molecule has 1 nitrogen and oxygen atoms in total. The van der Waals surface area contributed by atoms with Crippen molar-refractivity contribution in [1.82, 2.24) is 0 Å². The molecule has 0 bridgehead atoms. The Morgan fingerprint density at radius 3 is 1.22 bits per heavy atom. The van der Waals surface area contributed by atoms with Gasteiger partial charge >= 0.3 is 0 Å². The second-order valence-electron chi connectivity index (χ2n) is 5.34. The summed E-state index contributed by atoms with van der Waals surface area (Å²) in [7, 11) is 0. The molecule has 1 N–H and O–H groups in total. The highest BCUT2D eigenvalue weighted by atomic mass is 16.3. The molecule has 0 aliphatic heterocycles. The SMILES string of the molecule is Oc1ccc(/C=C/c2ccc(/C=C/c3ccccc3)cc2)cc1. The van der Waals surface area contributed by atoms with Crippen molar-refractivity contribution < 1.29 is 5.11 Å². The average molecular weight is 298 g/mol. The molecule has 0 saturated carbocycles. The molecule has 0 spiro atoms. The van der Waals surface area contributed by atoms with Gasteiger partial charge in [-0.15, -0.1) is 0 Å². The lowest BCUT2D eigenvalue weighted by molar-refractivity contribution is 0.475. The summed E-state index contributed by atoms with van der Waals surface area (Å²) in [5.74, 6) is 0.289. The minimum atomic E-state index is 0.289. The Balaban J connectivity index is 1.67.